The lowest BCUT2D eigenvalue weighted by molar-refractivity contribution is -0.00000483. The van der Waals surface area contributed by atoms with E-state index in [9.17, 15) is 0 Å². The summed E-state index contributed by atoms with van der Waals surface area (Å²) in [6.07, 6.45) is 0. The molecule has 0 aliphatic heterocycles. The van der Waals surface area contributed by atoms with Gasteiger partial charge in [-0.15, -0.1) is 0 Å². The standard InChI is InChI=1S/C24H20N.ClH/c1-5-13-21(14-6-1)25(22-15-7-2-8-16-22,23-17-9-3-10-18-23)24-19-11-4-12-20-24;/h1-20H;1H/q+1;/p-1. The maximum Gasteiger partial charge on any atom is 0.148 e. The van der Waals surface area contributed by atoms with Gasteiger partial charge in [-0.1, -0.05) is 72.8 Å². The number of rotatable bonds is 4. The van der Waals surface area contributed by atoms with Crippen LogP contribution in [-0.4, -0.2) is 0 Å². The predicted octanol–water partition coefficient (Wildman–Crippen LogP) is 3.99. The number of para-hydroxylation sites is 4. The van der Waals surface area contributed by atoms with Crippen molar-refractivity contribution in [3.63, 3.8) is 0 Å². The van der Waals surface area contributed by atoms with Crippen LogP contribution in [-0.2, 0) is 0 Å². The van der Waals surface area contributed by atoms with E-state index in [0.717, 1.165) is 0 Å². The third-order valence-corrected chi connectivity index (χ3v) is 4.57. The highest BCUT2D eigenvalue weighted by Crippen LogP contribution is 2.50. The molecule has 128 valence electrons. The number of hydrogen-bond acceptors (Lipinski definition) is 0. The lowest BCUT2D eigenvalue weighted by Crippen LogP contribution is -3.00. The summed E-state index contributed by atoms with van der Waals surface area (Å²) in [5, 5.41) is 0. The monoisotopic (exact) mass is 357 g/mol. The van der Waals surface area contributed by atoms with Crippen molar-refractivity contribution < 1.29 is 12.4 Å². The van der Waals surface area contributed by atoms with E-state index in [0.29, 0.717) is 4.48 Å². The smallest absolute Gasteiger partial charge is 0.148 e. The third-order valence-electron chi connectivity index (χ3n) is 4.57. The van der Waals surface area contributed by atoms with Crippen molar-refractivity contribution in [3.05, 3.63) is 121 Å². The van der Waals surface area contributed by atoms with Gasteiger partial charge in [-0.3, -0.25) is 0 Å². The number of nitrogens with zero attached hydrogens (tertiary/aromatic N) is 1. The van der Waals surface area contributed by atoms with E-state index in [1.54, 1.807) is 0 Å². The van der Waals surface area contributed by atoms with Crippen LogP contribution >= 0.6 is 0 Å². The van der Waals surface area contributed by atoms with Crippen LogP contribution in [0.5, 0.6) is 0 Å². The van der Waals surface area contributed by atoms with Crippen molar-refractivity contribution in [2.45, 2.75) is 0 Å². The SMILES string of the molecule is [Cl-].c1ccc([N+](c2ccccc2)(c2ccccc2)c2ccccc2)cc1. The van der Waals surface area contributed by atoms with Gasteiger partial charge in [0.05, 0.1) is 0 Å². The summed E-state index contributed by atoms with van der Waals surface area (Å²) in [5.74, 6) is 0. The van der Waals surface area contributed by atoms with Crippen molar-refractivity contribution in [3.8, 4) is 0 Å². The second kappa shape index (κ2) is 8.01. The van der Waals surface area contributed by atoms with Gasteiger partial charge in [0.25, 0.3) is 0 Å². The zero-order valence-electron chi connectivity index (χ0n) is 14.4. The van der Waals surface area contributed by atoms with Crippen LogP contribution in [0.2, 0.25) is 0 Å². The van der Waals surface area contributed by atoms with Crippen molar-refractivity contribution in [1.82, 2.24) is 4.48 Å². The fraction of sp³-hybridized carbons (Fsp3) is 0. The van der Waals surface area contributed by atoms with Gasteiger partial charge in [0.2, 0.25) is 0 Å². The largest absolute Gasteiger partial charge is 1.00 e. The second-order valence-corrected chi connectivity index (χ2v) is 6.01. The minimum Gasteiger partial charge on any atom is -1.00 e. The molecule has 26 heavy (non-hydrogen) atoms. The zero-order valence-corrected chi connectivity index (χ0v) is 15.1. The molecule has 1 nitrogen and oxygen atoms in total. The Kier molecular flexibility index (Phi) is 5.52. The zero-order chi connectivity index (χ0) is 17.0. The Labute approximate surface area is 161 Å². The highest BCUT2D eigenvalue weighted by atomic mass is 35.5. The van der Waals surface area contributed by atoms with E-state index < -0.39 is 0 Å². The van der Waals surface area contributed by atoms with Gasteiger partial charge in [-0.25, -0.2) is 0 Å². The van der Waals surface area contributed by atoms with Gasteiger partial charge in [-0.05, 0) is 0 Å². The van der Waals surface area contributed by atoms with E-state index in [-0.39, 0.29) is 12.4 Å². The molecule has 0 aliphatic rings. The van der Waals surface area contributed by atoms with Crippen LogP contribution < -0.4 is 16.9 Å². The number of quaternary nitrogens is 1. The van der Waals surface area contributed by atoms with Crippen molar-refractivity contribution in [2.75, 3.05) is 0 Å². The van der Waals surface area contributed by atoms with Crippen LogP contribution in [0.4, 0.5) is 22.7 Å². The summed E-state index contributed by atoms with van der Waals surface area (Å²) in [6, 6.07) is 42.8. The van der Waals surface area contributed by atoms with Gasteiger partial charge in [0, 0.05) is 48.5 Å². The number of benzene rings is 4. The van der Waals surface area contributed by atoms with Gasteiger partial charge in [-0.2, -0.15) is 4.48 Å². The summed E-state index contributed by atoms with van der Waals surface area (Å²) < 4.78 is 0.559. The number of hydrogen-bond donors (Lipinski definition) is 0. The van der Waals surface area contributed by atoms with E-state index in [1.165, 1.54) is 22.7 Å². The molecule has 0 amide bonds. The van der Waals surface area contributed by atoms with Crippen molar-refractivity contribution >= 4 is 22.7 Å². The van der Waals surface area contributed by atoms with Gasteiger partial charge in [0.15, 0.2) is 0 Å². The fourth-order valence-electron chi connectivity index (χ4n) is 3.50. The molecular weight excluding hydrogens is 338 g/mol. The lowest BCUT2D eigenvalue weighted by Gasteiger charge is -2.37. The molecule has 0 aliphatic carbocycles. The second-order valence-electron chi connectivity index (χ2n) is 6.01. The Hall–Kier alpha value is -2.87. The predicted molar refractivity (Wildman–Crippen MR) is 107 cm³/mol. The molecule has 4 rings (SSSR count). The molecule has 0 spiro atoms. The maximum atomic E-state index is 2.20. The summed E-state index contributed by atoms with van der Waals surface area (Å²) in [7, 11) is 0. The molecule has 0 saturated carbocycles. The molecule has 0 unspecified atom stereocenters. The molecule has 4 aromatic rings. The Bertz CT molecular complexity index is 759. The van der Waals surface area contributed by atoms with E-state index >= 15 is 0 Å². The average molecular weight is 358 g/mol. The molecule has 0 bridgehead atoms. The third kappa shape index (κ3) is 3.03. The summed E-state index contributed by atoms with van der Waals surface area (Å²) in [6.45, 7) is 0. The van der Waals surface area contributed by atoms with Gasteiger partial charge < -0.3 is 12.4 Å². The molecule has 0 radical (unpaired) electrons. The molecule has 0 atom stereocenters. The first-order chi connectivity index (χ1) is 12.4. The molecular formula is C24H20ClN. The van der Waals surface area contributed by atoms with Crippen molar-refractivity contribution in [2.24, 2.45) is 0 Å². The molecule has 0 saturated heterocycles. The first-order valence-corrected chi connectivity index (χ1v) is 8.54. The van der Waals surface area contributed by atoms with Gasteiger partial charge in [0.1, 0.15) is 22.7 Å². The highest BCUT2D eigenvalue weighted by Gasteiger charge is 2.38. The first kappa shape index (κ1) is 17.9. The Morgan fingerprint density at radius 2 is 0.500 bits per heavy atom. The summed E-state index contributed by atoms with van der Waals surface area (Å²) >= 11 is 0. The van der Waals surface area contributed by atoms with Crippen LogP contribution in [0, 0.1) is 0 Å². The number of halogens is 1. The Balaban J connectivity index is 0.00000196. The molecule has 0 heterocycles. The quantitative estimate of drug-likeness (QED) is 0.484. The van der Waals surface area contributed by atoms with Crippen LogP contribution in [0.1, 0.15) is 0 Å². The fourth-order valence-corrected chi connectivity index (χ4v) is 3.50. The molecule has 0 fully saturated rings. The summed E-state index contributed by atoms with van der Waals surface area (Å²) in [5.41, 5.74) is 4.86. The normalized spacial score (nSPS) is 10.8. The summed E-state index contributed by atoms with van der Waals surface area (Å²) in [4.78, 5) is 0. The topological polar surface area (TPSA) is 0 Å². The van der Waals surface area contributed by atoms with Crippen molar-refractivity contribution in [1.29, 1.82) is 0 Å². The average Bonchev–Trinajstić information content (AvgIpc) is 2.72. The minimum atomic E-state index is 0. The van der Waals surface area contributed by atoms with E-state index in [4.69, 9.17) is 0 Å². The Morgan fingerprint density at radius 1 is 0.308 bits per heavy atom. The molecule has 4 aromatic carbocycles. The van der Waals surface area contributed by atoms with E-state index in [2.05, 4.69) is 121 Å². The van der Waals surface area contributed by atoms with E-state index in [1.807, 2.05) is 0 Å². The molecule has 2 heteroatoms. The maximum absolute atomic E-state index is 2.20. The minimum absolute atomic E-state index is 0. The molecule has 0 aromatic heterocycles. The lowest BCUT2D eigenvalue weighted by atomic mass is 10.1. The Morgan fingerprint density at radius 3 is 0.692 bits per heavy atom. The van der Waals surface area contributed by atoms with Gasteiger partial charge >= 0.3 is 0 Å². The molecule has 0 N–H and O–H groups in total. The first-order valence-electron chi connectivity index (χ1n) is 8.54. The highest BCUT2D eigenvalue weighted by molar-refractivity contribution is 5.81. The van der Waals surface area contributed by atoms with Crippen LogP contribution in [0.15, 0.2) is 121 Å². The van der Waals surface area contributed by atoms with Crippen LogP contribution in [0.25, 0.3) is 0 Å². The van der Waals surface area contributed by atoms with Crippen LogP contribution in [0.3, 0.4) is 0 Å².